The monoisotopic (exact) mass is 276 g/mol. The number of aliphatic hydroxyl groups excluding tert-OH is 1. The van der Waals surface area contributed by atoms with E-state index >= 15 is 0 Å². The van der Waals surface area contributed by atoms with Crippen LogP contribution in [0.15, 0.2) is 42.5 Å². The number of carbonyl (C=O) groups excluding carboxylic acids is 2. The van der Waals surface area contributed by atoms with Crippen LogP contribution in [0.1, 0.15) is 25.0 Å². The maximum atomic E-state index is 11.2. The molecule has 20 heavy (non-hydrogen) atoms. The number of esters is 2. The Hall–Kier alpha value is -2.14. The zero-order valence-electron chi connectivity index (χ0n) is 11.1. The maximum absolute atomic E-state index is 11.2. The molecule has 0 bridgehead atoms. The second-order valence-corrected chi connectivity index (χ2v) is 4.54. The largest absolute Gasteiger partial charge is 0.456 e. The molecule has 0 saturated carbocycles. The lowest BCUT2D eigenvalue weighted by molar-refractivity contribution is -0.167. The first-order valence-electron chi connectivity index (χ1n) is 6.35. The topological polar surface area (TPSA) is 72.8 Å². The van der Waals surface area contributed by atoms with Crippen LogP contribution in [0.3, 0.4) is 0 Å². The Bertz CT molecular complexity index is 508. The number of hydrogen-bond acceptors (Lipinski definition) is 5. The van der Waals surface area contributed by atoms with Gasteiger partial charge in [0.05, 0.1) is 0 Å². The molecule has 1 aliphatic heterocycles. The Morgan fingerprint density at radius 3 is 2.70 bits per heavy atom. The molecule has 0 radical (unpaired) electrons. The molecule has 3 atom stereocenters. The standard InChI is InChI=1S/C15H16O5/c1-10(16)19-15(11-6-3-2-4-7-11)14(18)12-8-5-9-13(17)20-12/h2-7,9,12,14-15,18H,8H2,1H3. The second kappa shape index (κ2) is 6.34. The van der Waals surface area contributed by atoms with E-state index in [0.29, 0.717) is 12.0 Å². The van der Waals surface area contributed by atoms with Gasteiger partial charge in [-0.25, -0.2) is 4.79 Å². The molecule has 0 aromatic heterocycles. The van der Waals surface area contributed by atoms with Gasteiger partial charge in [0.25, 0.3) is 0 Å². The summed E-state index contributed by atoms with van der Waals surface area (Å²) >= 11 is 0. The summed E-state index contributed by atoms with van der Waals surface area (Å²) in [5, 5.41) is 10.4. The Labute approximate surface area is 116 Å². The summed E-state index contributed by atoms with van der Waals surface area (Å²) in [5.41, 5.74) is 0.654. The highest BCUT2D eigenvalue weighted by molar-refractivity contribution is 5.82. The summed E-state index contributed by atoms with van der Waals surface area (Å²) in [5.74, 6) is -1.01. The van der Waals surface area contributed by atoms with E-state index in [1.807, 2.05) is 6.07 Å². The first kappa shape index (κ1) is 14.3. The van der Waals surface area contributed by atoms with Crippen molar-refractivity contribution >= 4 is 11.9 Å². The molecule has 1 aromatic rings. The minimum absolute atomic E-state index is 0.386. The van der Waals surface area contributed by atoms with Crippen molar-refractivity contribution in [3.05, 3.63) is 48.0 Å². The molecule has 1 N–H and O–H groups in total. The van der Waals surface area contributed by atoms with Gasteiger partial charge in [0, 0.05) is 19.4 Å². The fraction of sp³-hybridized carbons (Fsp3) is 0.333. The van der Waals surface area contributed by atoms with E-state index in [0.717, 1.165) is 0 Å². The molecule has 0 spiro atoms. The fourth-order valence-electron chi connectivity index (χ4n) is 2.10. The summed E-state index contributed by atoms with van der Waals surface area (Å²) in [6.07, 6.45) is 0.629. The van der Waals surface area contributed by atoms with Crippen molar-refractivity contribution in [3.63, 3.8) is 0 Å². The van der Waals surface area contributed by atoms with Gasteiger partial charge in [0.2, 0.25) is 0 Å². The van der Waals surface area contributed by atoms with Crippen LogP contribution in [-0.2, 0) is 19.1 Å². The minimum Gasteiger partial charge on any atom is -0.456 e. The van der Waals surface area contributed by atoms with E-state index < -0.39 is 30.3 Å². The van der Waals surface area contributed by atoms with Crippen molar-refractivity contribution < 1.29 is 24.2 Å². The van der Waals surface area contributed by atoms with E-state index in [-0.39, 0.29) is 0 Å². The number of carbonyl (C=O) groups is 2. The van der Waals surface area contributed by atoms with Gasteiger partial charge in [-0.15, -0.1) is 0 Å². The Morgan fingerprint density at radius 2 is 2.10 bits per heavy atom. The minimum atomic E-state index is -1.12. The zero-order chi connectivity index (χ0) is 14.5. The molecule has 3 unspecified atom stereocenters. The number of rotatable bonds is 4. The second-order valence-electron chi connectivity index (χ2n) is 4.54. The van der Waals surface area contributed by atoms with Gasteiger partial charge in [-0.3, -0.25) is 4.79 Å². The molecule has 5 nitrogen and oxygen atoms in total. The normalized spacial score (nSPS) is 20.9. The van der Waals surface area contributed by atoms with Crippen LogP contribution in [-0.4, -0.2) is 29.3 Å². The first-order valence-corrected chi connectivity index (χ1v) is 6.35. The third kappa shape index (κ3) is 3.45. The fourth-order valence-corrected chi connectivity index (χ4v) is 2.10. The third-order valence-electron chi connectivity index (χ3n) is 3.00. The first-order chi connectivity index (χ1) is 9.58. The predicted molar refractivity (Wildman–Crippen MR) is 70.6 cm³/mol. The van der Waals surface area contributed by atoms with Gasteiger partial charge in [0.1, 0.15) is 12.2 Å². The Morgan fingerprint density at radius 1 is 1.40 bits per heavy atom. The van der Waals surface area contributed by atoms with Crippen LogP contribution in [0.25, 0.3) is 0 Å². The van der Waals surface area contributed by atoms with Crippen LogP contribution in [0.4, 0.5) is 0 Å². The van der Waals surface area contributed by atoms with E-state index in [4.69, 9.17) is 9.47 Å². The van der Waals surface area contributed by atoms with Crippen molar-refractivity contribution in [3.8, 4) is 0 Å². The molecule has 1 aromatic carbocycles. The summed E-state index contributed by atoms with van der Waals surface area (Å²) in [4.78, 5) is 22.5. The van der Waals surface area contributed by atoms with Crippen molar-refractivity contribution in [1.82, 2.24) is 0 Å². The highest BCUT2D eigenvalue weighted by Gasteiger charge is 2.34. The van der Waals surface area contributed by atoms with Gasteiger partial charge >= 0.3 is 11.9 Å². The SMILES string of the molecule is CC(=O)OC(c1ccccc1)C(O)C1CC=CC(=O)O1. The molecule has 1 aliphatic rings. The molecule has 0 amide bonds. The van der Waals surface area contributed by atoms with E-state index in [2.05, 4.69) is 0 Å². The molecule has 2 rings (SSSR count). The maximum Gasteiger partial charge on any atom is 0.330 e. The number of aliphatic hydroxyl groups is 1. The van der Waals surface area contributed by atoms with Gasteiger partial charge in [-0.1, -0.05) is 36.4 Å². The van der Waals surface area contributed by atoms with Crippen molar-refractivity contribution in [2.45, 2.75) is 31.7 Å². The van der Waals surface area contributed by atoms with E-state index in [1.165, 1.54) is 13.0 Å². The molecule has 0 aliphatic carbocycles. The predicted octanol–water partition coefficient (Wildman–Crippen LogP) is 1.52. The van der Waals surface area contributed by atoms with Crippen LogP contribution in [0.2, 0.25) is 0 Å². The summed E-state index contributed by atoms with van der Waals surface area (Å²) < 4.78 is 10.2. The number of benzene rings is 1. The van der Waals surface area contributed by atoms with Gasteiger partial charge < -0.3 is 14.6 Å². The van der Waals surface area contributed by atoms with Crippen molar-refractivity contribution in [2.24, 2.45) is 0 Å². The molecule has 1 heterocycles. The van der Waals surface area contributed by atoms with Crippen molar-refractivity contribution in [2.75, 3.05) is 0 Å². The smallest absolute Gasteiger partial charge is 0.330 e. The molecule has 0 fully saturated rings. The molecular formula is C15H16O5. The van der Waals surface area contributed by atoms with E-state index in [1.54, 1.807) is 30.3 Å². The molecular weight excluding hydrogens is 260 g/mol. The van der Waals surface area contributed by atoms with Gasteiger partial charge in [-0.05, 0) is 5.56 Å². The quantitative estimate of drug-likeness (QED) is 0.844. The molecule has 5 heteroatoms. The average molecular weight is 276 g/mol. The summed E-state index contributed by atoms with van der Waals surface area (Å²) in [7, 11) is 0. The van der Waals surface area contributed by atoms with Crippen LogP contribution in [0.5, 0.6) is 0 Å². The van der Waals surface area contributed by atoms with Crippen LogP contribution >= 0.6 is 0 Å². The van der Waals surface area contributed by atoms with Crippen molar-refractivity contribution in [1.29, 1.82) is 0 Å². The highest BCUT2D eigenvalue weighted by atomic mass is 16.6. The zero-order valence-corrected chi connectivity index (χ0v) is 11.1. The third-order valence-corrected chi connectivity index (χ3v) is 3.00. The summed E-state index contributed by atoms with van der Waals surface area (Å²) in [6, 6.07) is 8.88. The average Bonchev–Trinajstić information content (AvgIpc) is 2.45. The molecule has 106 valence electrons. The lowest BCUT2D eigenvalue weighted by Crippen LogP contribution is -2.38. The number of ether oxygens (including phenoxy) is 2. The van der Waals surface area contributed by atoms with Gasteiger partial charge in [0.15, 0.2) is 6.10 Å². The van der Waals surface area contributed by atoms with Gasteiger partial charge in [-0.2, -0.15) is 0 Å². The Kier molecular flexibility index (Phi) is 4.53. The number of hydrogen-bond donors (Lipinski definition) is 1. The summed E-state index contributed by atoms with van der Waals surface area (Å²) in [6.45, 7) is 1.27. The Balaban J connectivity index is 2.20. The lowest BCUT2D eigenvalue weighted by atomic mass is 9.97. The molecule has 0 saturated heterocycles. The van der Waals surface area contributed by atoms with Crippen LogP contribution < -0.4 is 0 Å². The highest BCUT2D eigenvalue weighted by Crippen LogP contribution is 2.27. The number of cyclic esters (lactones) is 1. The van der Waals surface area contributed by atoms with E-state index in [9.17, 15) is 14.7 Å². The lowest BCUT2D eigenvalue weighted by Gasteiger charge is -2.30. The van der Waals surface area contributed by atoms with Crippen LogP contribution in [0, 0.1) is 0 Å².